The summed E-state index contributed by atoms with van der Waals surface area (Å²) in [6.45, 7) is 7.50. The van der Waals surface area contributed by atoms with Gasteiger partial charge in [-0.1, -0.05) is 55.2 Å². The second kappa shape index (κ2) is 6.48. The van der Waals surface area contributed by atoms with Gasteiger partial charge in [-0.15, -0.1) is 11.3 Å². The lowest BCUT2D eigenvalue weighted by atomic mass is 9.91. The van der Waals surface area contributed by atoms with E-state index in [0.29, 0.717) is 10.0 Å². The molecule has 0 radical (unpaired) electrons. The number of halogens is 2. The third-order valence-electron chi connectivity index (χ3n) is 3.49. The monoisotopic (exact) mass is 327 g/mol. The van der Waals surface area contributed by atoms with Gasteiger partial charge in [-0.05, 0) is 30.0 Å². The zero-order valence-corrected chi connectivity index (χ0v) is 14.2. The van der Waals surface area contributed by atoms with Crippen LogP contribution in [0.5, 0.6) is 0 Å². The van der Waals surface area contributed by atoms with Crippen molar-refractivity contribution in [1.29, 1.82) is 0 Å². The molecule has 1 atom stereocenters. The van der Waals surface area contributed by atoms with Crippen LogP contribution in [0, 0.1) is 0 Å². The Kier molecular flexibility index (Phi) is 5.14. The molecule has 0 aliphatic heterocycles. The van der Waals surface area contributed by atoms with Gasteiger partial charge in [0.2, 0.25) is 0 Å². The highest BCUT2D eigenvalue weighted by Gasteiger charge is 2.23. The average molecular weight is 328 g/mol. The molecule has 2 aromatic rings. The smallest absolute Gasteiger partial charge is 0.0639 e. The maximum Gasteiger partial charge on any atom is 0.0639 e. The van der Waals surface area contributed by atoms with E-state index in [-0.39, 0.29) is 11.5 Å². The van der Waals surface area contributed by atoms with E-state index >= 15 is 0 Å². The van der Waals surface area contributed by atoms with Gasteiger partial charge in [0.15, 0.2) is 0 Å². The van der Waals surface area contributed by atoms with E-state index in [0.717, 1.165) is 12.1 Å². The molecule has 1 nitrogen and oxygen atoms in total. The normalized spacial score (nSPS) is 13.4. The van der Waals surface area contributed by atoms with Crippen LogP contribution >= 0.6 is 34.5 Å². The van der Waals surface area contributed by atoms with Gasteiger partial charge >= 0.3 is 0 Å². The first-order valence-electron chi connectivity index (χ1n) is 6.63. The van der Waals surface area contributed by atoms with Crippen LogP contribution in [0.4, 0.5) is 0 Å². The Balaban J connectivity index is 2.05. The van der Waals surface area contributed by atoms with E-state index in [2.05, 4.69) is 43.6 Å². The molecule has 1 N–H and O–H groups in total. The van der Waals surface area contributed by atoms with Gasteiger partial charge in [-0.2, -0.15) is 0 Å². The van der Waals surface area contributed by atoms with Crippen LogP contribution in [0.1, 0.15) is 37.3 Å². The fourth-order valence-corrected chi connectivity index (χ4v) is 3.45. The summed E-state index contributed by atoms with van der Waals surface area (Å²) in [5, 5.41) is 6.93. The number of hydrogen-bond acceptors (Lipinski definition) is 2. The molecule has 0 saturated carbocycles. The van der Waals surface area contributed by atoms with E-state index in [9.17, 15) is 0 Å². The standard InChI is InChI=1S/C16H19Cl2NS/c1-11(12-6-4-7-13(17)15(12)18)19-10-16(2,3)14-8-5-9-20-14/h4-9,11,19H,10H2,1-3H3. The fraction of sp³-hybridized carbons (Fsp3) is 0.375. The fourth-order valence-electron chi connectivity index (χ4n) is 2.12. The quantitative estimate of drug-likeness (QED) is 0.744. The largest absolute Gasteiger partial charge is 0.309 e. The number of hydrogen-bond donors (Lipinski definition) is 1. The van der Waals surface area contributed by atoms with E-state index in [4.69, 9.17) is 23.2 Å². The van der Waals surface area contributed by atoms with E-state index in [1.807, 2.05) is 18.2 Å². The summed E-state index contributed by atoms with van der Waals surface area (Å²) in [6.07, 6.45) is 0. The molecule has 4 heteroatoms. The Morgan fingerprint density at radius 2 is 1.95 bits per heavy atom. The van der Waals surface area contributed by atoms with Gasteiger partial charge in [0, 0.05) is 22.9 Å². The molecule has 20 heavy (non-hydrogen) atoms. The molecule has 0 aliphatic rings. The molecule has 1 aromatic carbocycles. The van der Waals surface area contributed by atoms with Crippen LogP contribution in [0.3, 0.4) is 0 Å². The topological polar surface area (TPSA) is 12.0 Å². The van der Waals surface area contributed by atoms with Crippen molar-refractivity contribution in [1.82, 2.24) is 5.32 Å². The predicted octanol–water partition coefficient (Wildman–Crippen LogP) is 5.68. The predicted molar refractivity (Wildman–Crippen MR) is 90.2 cm³/mol. The number of benzene rings is 1. The maximum atomic E-state index is 6.27. The molecule has 0 spiro atoms. The van der Waals surface area contributed by atoms with Crippen molar-refractivity contribution in [3.8, 4) is 0 Å². The Labute approximate surface area is 134 Å². The zero-order valence-electron chi connectivity index (χ0n) is 11.9. The summed E-state index contributed by atoms with van der Waals surface area (Å²) in [6, 6.07) is 10.2. The average Bonchev–Trinajstić information content (AvgIpc) is 2.94. The van der Waals surface area contributed by atoms with Crippen LogP contribution in [0.25, 0.3) is 0 Å². The van der Waals surface area contributed by atoms with Gasteiger partial charge in [-0.3, -0.25) is 0 Å². The Morgan fingerprint density at radius 3 is 2.60 bits per heavy atom. The Hall–Kier alpha value is -0.540. The Morgan fingerprint density at radius 1 is 1.20 bits per heavy atom. The highest BCUT2D eigenvalue weighted by molar-refractivity contribution is 7.10. The van der Waals surface area contributed by atoms with Crippen molar-refractivity contribution in [2.45, 2.75) is 32.2 Å². The minimum absolute atomic E-state index is 0.105. The molecule has 1 heterocycles. The maximum absolute atomic E-state index is 6.27. The minimum atomic E-state index is 0.105. The summed E-state index contributed by atoms with van der Waals surface area (Å²) in [4.78, 5) is 1.38. The lowest BCUT2D eigenvalue weighted by Crippen LogP contribution is -2.33. The molecule has 108 valence electrons. The van der Waals surface area contributed by atoms with E-state index in [1.165, 1.54) is 4.88 Å². The number of thiophene rings is 1. The van der Waals surface area contributed by atoms with Crippen molar-refractivity contribution in [3.05, 3.63) is 56.2 Å². The van der Waals surface area contributed by atoms with Crippen molar-refractivity contribution >= 4 is 34.5 Å². The van der Waals surface area contributed by atoms with Crippen molar-refractivity contribution in [2.75, 3.05) is 6.54 Å². The molecule has 0 bridgehead atoms. The van der Waals surface area contributed by atoms with E-state index in [1.54, 1.807) is 11.3 Å². The van der Waals surface area contributed by atoms with Crippen molar-refractivity contribution in [2.24, 2.45) is 0 Å². The summed E-state index contributed by atoms with van der Waals surface area (Å²) >= 11 is 14.1. The van der Waals surface area contributed by atoms with Gasteiger partial charge in [-0.25, -0.2) is 0 Å². The van der Waals surface area contributed by atoms with Crippen molar-refractivity contribution in [3.63, 3.8) is 0 Å². The van der Waals surface area contributed by atoms with Gasteiger partial charge in [0.1, 0.15) is 0 Å². The Bertz CT molecular complexity index is 564. The molecule has 0 fully saturated rings. The summed E-state index contributed by atoms with van der Waals surface area (Å²) in [7, 11) is 0. The van der Waals surface area contributed by atoms with Gasteiger partial charge < -0.3 is 5.32 Å². The number of nitrogens with one attached hydrogen (secondary N) is 1. The SMILES string of the molecule is CC(NCC(C)(C)c1cccs1)c1cccc(Cl)c1Cl. The highest BCUT2D eigenvalue weighted by atomic mass is 35.5. The molecule has 2 rings (SSSR count). The van der Waals surface area contributed by atoms with Gasteiger partial charge in [0.05, 0.1) is 10.0 Å². The summed E-state index contributed by atoms with van der Waals surface area (Å²) in [5.74, 6) is 0. The summed E-state index contributed by atoms with van der Waals surface area (Å²) in [5.41, 5.74) is 1.15. The molecule has 1 unspecified atom stereocenters. The van der Waals surface area contributed by atoms with Crippen LogP contribution in [-0.4, -0.2) is 6.54 Å². The molecule has 1 aromatic heterocycles. The summed E-state index contributed by atoms with van der Waals surface area (Å²) < 4.78 is 0. The molecular formula is C16H19Cl2NS. The minimum Gasteiger partial charge on any atom is -0.309 e. The third kappa shape index (κ3) is 3.56. The first kappa shape index (κ1) is 15.8. The van der Waals surface area contributed by atoms with Crippen LogP contribution in [0.15, 0.2) is 35.7 Å². The second-order valence-corrected chi connectivity index (χ2v) is 7.34. The lowest BCUT2D eigenvalue weighted by Gasteiger charge is -2.27. The second-order valence-electron chi connectivity index (χ2n) is 5.61. The first-order chi connectivity index (χ1) is 9.42. The highest BCUT2D eigenvalue weighted by Crippen LogP contribution is 2.31. The van der Waals surface area contributed by atoms with Crippen LogP contribution in [-0.2, 0) is 5.41 Å². The van der Waals surface area contributed by atoms with Crippen molar-refractivity contribution < 1.29 is 0 Å². The molecule has 0 amide bonds. The first-order valence-corrected chi connectivity index (χ1v) is 8.26. The van der Waals surface area contributed by atoms with Gasteiger partial charge in [0.25, 0.3) is 0 Å². The van der Waals surface area contributed by atoms with E-state index < -0.39 is 0 Å². The van der Waals surface area contributed by atoms with Crippen LogP contribution < -0.4 is 5.32 Å². The van der Waals surface area contributed by atoms with Crippen LogP contribution in [0.2, 0.25) is 10.0 Å². The molecule has 0 saturated heterocycles. The third-order valence-corrected chi connectivity index (χ3v) is 5.56. The lowest BCUT2D eigenvalue weighted by molar-refractivity contribution is 0.441. The molecular weight excluding hydrogens is 309 g/mol. The zero-order chi connectivity index (χ0) is 14.8. The molecule has 0 aliphatic carbocycles. The number of rotatable bonds is 5.